The van der Waals surface area contributed by atoms with E-state index in [-0.39, 0.29) is 48.6 Å². The molecule has 0 spiro atoms. The van der Waals surface area contributed by atoms with Crippen molar-refractivity contribution in [3.63, 3.8) is 0 Å². The van der Waals surface area contributed by atoms with Crippen LogP contribution in [-0.2, 0) is 37.0 Å². The SMILES string of the molecule is COCCNCC(=O)NN(C(=O)CC(C)C)[C@@H](Cc1ccccc1)[C@H](O)CNC(C(C)C)S(=O)(=O)c1ccc2c(c1)CCO2. The zero-order valence-electron chi connectivity index (χ0n) is 26.4. The van der Waals surface area contributed by atoms with E-state index in [1.54, 1.807) is 39.2 Å². The molecule has 0 fully saturated rings. The third-order valence-corrected chi connectivity index (χ3v) is 9.68. The number of nitrogens with zero attached hydrogens (tertiary/aromatic N) is 1. The first-order valence-electron chi connectivity index (χ1n) is 15.2. The van der Waals surface area contributed by atoms with Crippen molar-refractivity contribution in [1.82, 2.24) is 21.1 Å². The van der Waals surface area contributed by atoms with Crippen molar-refractivity contribution in [2.45, 2.75) is 69.4 Å². The molecule has 1 unspecified atom stereocenters. The lowest BCUT2D eigenvalue weighted by atomic mass is 9.99. The topological polar surface area (TPSA) is 146 Å². The first-order chi connectivity index (χ1) is 20.9. The van der Waals surface area contributed by atoms with Gasteiger partial charge in [0.2, 0.25) is 5.91 Å². The van der Waals surface area contributed by atoms with Crippen molar-refractivity contribution in [1.29, 1.82) is 0 Å². The number of ether oxygens (including phenoxy) is 2. The van der Waals surface area contributed by atoms with Crippen molar-refractivity contribution >= 4 is 21.7 Å². The summed E-state index contributed by atoms with van der Waals surface area (Å²) in [4.78, 5) is 26.6. The molecule has 0 radical (unpaired) electrons. The van der Waals surface area contributed by atoms with Gasteiger partial charge >= 0.3 is 0 Å². The summed E-state index contributed by atoms with van der Waals surface area (Å²) in [6.07, 6.45) is -0.201. The monoisotopic (exact) mass is 632 g/mol. The lowest BCUT2D eigenvalue weighted by Gasteiger charge is -2.36. The fourth-order valence-corrected chi connectivity index (χ4v) is 7.04. The number of nitrogens with one attached hydrogen (secondary N) is 3. The Morgan fingerprint density at radius 2 is 1.82 bits per heavy atom. The molecular weight excluding hydrogens is 584 g/mol. The Kier molecular flexibility index (Phi) is 13.6. The standard InChI is InChI=1S/C32H48N4O7S/c1-22(2)17-31(39)36(35-30(38)21-33-14-16-42-5)27(18-24-9-7-6-8-10-24)28(37)20-34-32(23(3)4)44(40,41)26-11-12-29-25(19-26)13-15-43-29/h6-12,19,22-23,27-28,32-34,37H,13-18,20-21H2,1-5H3,(H,35,38)/t27-,28+,32?/m0/s1. The second-order valence-electron chi connectivity index (χ2n) is 11.9. The highest BCUT2D eigenvalue weighted by Gasteiger charge is 2.35. The van der Waals surface area contributed by atoms with Crippen molar-refractivity contribution in [2.75, 3.05) is 40.0 Å². The van der Waals surface area contributed by atoms with Gasteiger partial charge in [-0.3, -0.25) is 20.3 Å². The molecule has 2 amide bonds. The van der Waals surface area contributed by atoms with Crippen LogP contribution in [0.1, 0.15) is 45.2 Å². The number of carbonyl (C=O) groups is 2. The normalized spacial score (nSPS) is 15.0. The summed E-state index contributed by atoms with van der Waals surface area (Å²) in [5.74, 6) is -0.430. The van der Waals surface area contributed by atoms with E-state index in [4.69, 9.17) is 9.47 Å². The molecule has 1 aliphatic rings. The number of methoxy groups -OCH3 is 1. The van der Waals surface area contributed by atoms with E-state index < -0.39 is 33.3 Å². The molecule has 1 heterocycles. The highest BCUT2D eigenvalue weighted by Crippen LogP contribution is 2.30. The van der Waals surface area contributed by atoms with Gasteiger partial charge in [-0.15, -0.1) is 0 Å². The van der Waals surface area contributed by atoms with Gasteiger partial charge in [-0.1, -0.05) is 58.0 Å². The molecule has 0 saturated carbocycles. The molecule has 0 saturated heterocycles. The summed E-state index contributed by atoms with van der Waals surface area (Å²) in [5.41, 5.74) is 4.41. The molecule has 12 heteroatoms. The van der Waals surface area contributed by atoms with E-state index in [1.165, 1.54) is 5.01 Å². The molecule has 0 aliphatic carbocycles. The maximum Gasteiger partial charge on any atom is 0.252 e. The van der Waals surface area contributed by atoms with E-state index in [2.05, 4.69) is 16.1 Å². The van der Waals surface area contributed by atoms with E-state index >= 15 is 0 Å². The van der Waals surface area contributed by atoms with Gasteiger partial charge in [0, 0.05) is 33.0 Å². The number of carbonyl (C=O) groups excluding carboxylic acids is 2. The summed E-state index contributed by atoms with van der Waals surface area (Å²) in [7, 11) is -2.27. The van der Waals surface area contributed by atoms with Crippen molar-refractivity contribution in [3.05, 3.63) is 59.7 Å². The Labute approximate surface area is 261 Å². The Hall–Kier alpha value is -3.03. The summed E-state index contributed by atoms with van der Waals surface area (Å²) < 4.78 is 38.1. The maximum absolute atomic E-state index is 13.8. The van der Waals surface area contributed by atoms with Crippen LogP contribution in [0.3, 0.4) is 0 Å². The van der Waals surface area contributed by atoms with E-state index in [1.807, 2.05) is 44.2 Å². The summed E-state index contributed by atoms with van der Waals surface area (Å²) >= 11 is 0. The van der Waals surface area contributed by atoms with E-state index in [0.717, 1.165) is 11.1 Å². The third kappa shape index (κ3) is 10.00. The van der Waals surface area contributed by atoms with E-state index in [9.17, 15) is 23.1 Å². The first-order valence-corrected chi connectivity index (χ1v) is 16.7. The van der Waals surface area contributed by atoms with E-state index in [0.29, 0.717) is 31.9 Å². The summed E-state index contributed by atoms with van der Waals surface area (Å²) in [6, 6.07) is 13.4. The Balaban J connectivity index is 1.86. The first kappa shape index (κ1) is 35.4. The average Bonchev–Trinajstić information content (AvgIpc) is 3.45. The number of amides is 2. The second kappa shape index (κ2) is 16.9. The largest absolute Gasteiger partial charge is 0.493 e. The zero-order chi connectivity index (χ0) is 32.3. The lowest BCUT2D eigenvalue weighted by molar-refractivity contribution is -0.148. The van der Waals surface area contributed by atoms with Gasteiger partial charge in [-0.2, -0.15) is 0 Å². The van der Waals surface area contributed by atoms with Crippen LogP contribution in [0.15, 0.2) is 53.4 Å². The van der Waals surface area contributed by atoms with Crippen LogP contribution in [0.5, 0.6) is 5.75 Å². The smallest absolute Gasteiger partial charge is 0.252 e. The minimum atomic E-state index is -3.84. The Morgan fingerprint density at radius 1 is 1.09 bits per heavy atom. The van der Waals surface area contributed by atoms with Gasteiger partial charge in [-0.05, 0) is 47.6 Å². The van der Waals surface area contributed by atoms with Gasteiger partial charge in [0.05, 0.1) is 36.8 Å². The van der Waals surface area contributed by atoms with Crippen LogP contribution in [0, 0.1) is 11.8 Å². The number of rotatable bonds is 17. The van der Waals surface area contributed by atoms with Crippen LogP contribution in [-0.4, -0.2) is 87.8 Å². The molecule has 4 N–H and O–H groups in total. The van der Waals surface area contributed by atoms with Crippen LogP contribution in [0.4, 0.5) is 0 Å². The minimum Gasteiger partial charge on any atom is -0.493 e. The molecule has 2 aromatic rings. The zero-order valence-corrected chi connectivity index (χ0v) is 27.2. The summed E-state index contributed by atoms with van der Waals surface area (Å²) in [6.45, 7) is 8.60. The molecule has 0 bridgehead atoms. The minimum absolute atomic E-state index is 0.00237. The van der Waals surface area contributed by atoms with Gasteiger partial charge < -0.3 is 19.9 Å². The molecule has 1 aliphatic heterocycles. The van der Waals surface area contributed by atoms with Gasteiger partial charge in [0.25, 0.3) is 5.91 Å². The average molecular weight is 633 g/mol. The number of fused-ring (bicyclic) bond motifs is 1. The number of aliphatic hydroxyl groups excluding tert-OH is 1. The number of aliphatic hydroxyl groups is 1. The van der Waals surface area contributed by atoms with Gasteiger partial charge in [0.15, 0.2) is 9.84 Å². The lowest BCUT2D eigenvalue weighted by Crippen LogP contribution is -2.60. The third-order valence-electron chi connectivity index (χ3n) is 7.39. The maximum atomic E-state index is 13.8. The van der Waals surface area contributed by atoms with Gasteiger partial charge in [0.1, 0.15) is 11.1 Å². The Bertz CT molecular complexity index is 1320. The van der Waals surface area contributed by atoms with Crippen LogP contribution >= 0.6 is 0 Å². The molecule has 3 atom stereocenters. The number of sulfone groups is 1. The quantitative estimate of drug-likeness (QED) is 0.152. The molecule has 44 heavy (non-hydrogen) atoms. The predicted molar refractivity (Wildman–Crippen MR) is 169 cm³/mol. The van der Waals surface area contributed by atoms with Crippen molar-refractivity contribution < 1.29 is 32.6 Å². The molecule has 2 aromatic carbocycles. The molecule has 3 rings (SSSR count). The second-order valence-corrected chi connectivity index (χ2v) is 13.9. The number of hydrogen-bond acceptors (Lipinski definition) is 9. The van der Waals surface area contributed by atoms with Crippen molar-refractivity contribution in [3.8, 4) is 5.75 Å². The van der Waals surface area contributed by atoms with Crippen molar-refractivity contribution in [2.24, 2.45) is 11.8 Å². The molecule has 0 aromatic heterocycles. The fraction of sp³-hybridized carbons (Fsp3) is 0.562. The van der Waals surface area contributed by atoms with Crippen LogP contribution in [0.2, 0.25) is 0 Å². The van der Waals surface area contributed by atoms with Gasteiger partial charge in [-0.25, -0.2) is 13.4 Å². The van der Waals surface area contributed by atoms with Crippen LogP contribution in [0.25, 0.3) is 0 Å². The fourth-order valence-electron chi connectivity index (χ4n) is 5.15. The highest BCUT2D eigenvalue weighted by molar-refractivity contribution is 7.92. The predicted octanol–water partition coefficient (Wildman–Crippen LogP) is 2.08. The van der Waals surface area contributed by atoms with Crippen LogP contribution < -0.4 is 20.8 Å². The Morgan fingerprint density at radius 3 is 2.48 bits per heavy atom. The molecule has 11 nitrogen and oxygen atoms in total. The molecular formula is C32H48N4O7S. The number of benzene rings is 2. The highest BCUT2D eigenvalue weighted by atomic mass is 32.2. The molecule has 244 valence electrons. The summed E-state index contributed by atoms with van der Waals surface area (Å²) in [5, 5.41) is 17.9. The number of hydrogen-bond donors (Lipinski definition) is 4. The number of hydrazine groups is 1.